The zero-order valence-corrected chi connectivity index (χ0v) is 13.7. The molecule has 0 unspecified atom stereocenters. The topological polar surface area (TPSA) is 82.8 Å². The number of aliphatic hydroxyl groups excluding tert-OH is 1. The number of carboxylic acids is 1. The van der Waals surface area contributed by atoms with Gasteiger partial charge in [-0.1, -0.05) is 11.6 Å². The summed E-state index contributed by atoms with van der Waals surface area (Å²) in [5, 5.41) is 18.8. The van der Waals surface area contributed by atoms with Crippen LogP contribution >= 0.6 is 11.6 Å². The van der Waals surface area contributed by atoms with E-state index in [-0.39, 0.29) is 22.6 Å². The molecule has 1 aromatic carbocycles. The zero-order chi connectivity index (χ0) is 17.6. The summed E-state index contributed by atoms with van der Waals surface area (Å²) in [5.41, 5.74) is -0.766. The van der Waals surface area contributed by atoms with E-state index in [4.69, 9.17) is 16.7 Å². The first kappa shape index (κ1) is 16.7. The van der Waals surface area contributed by atoms with Crippen molar-refractivity contribution in [1.29, 1.82) is 0 Å². The molecule has 6 nitrogen and oxygen atoms in total. The molecule has 1 saturated heterocycles. The lowest BCUT2D eigenvalue weighted by molar-refractivity contribution is 0.0695. The fourth-order valence-corrected chi connectivity index (χ4v) is 3.53. The van der Waals surface area contributed by atoms with E-state index in [1.54, 1.807) is 11.8 Å². The van der Waals surface area contributed by atoms with Crippen LogP contribution in [-0.4, -0.2) is 39.9 Å². The third-order valence-electron chi connectivity index (χ3n) is 4.28. The first-order valence-corrected chi connectivity index (χ1v) is 7.94. The Kier molecular flexibility index (Phi) is 4.23. The van der Waals surface area contributed by atoms with E-state index >= 15 is 0 Å². The Morgan fingerprint density at radius 1 is 1.50 bits per heavy atom. The minimum atomic E-state index is -1.37. The number of aryl methyl sites for hydroxylation is 1. The fraction of sp³-hybridized carbons (Fsp3) is 0.375. The van der Waals surface area contributed by atoms with Crippen LogP contribution in [0.4, 0.5) is 10.1 Å². The molecule has 24 heavy (non-hydrogen) atoms. The maximum atomic E-state index is 14.6. The summed E-state index contributed by atoms with van der Waals surface area (Å²) in [6.07, 6.45) is 1.17. The molecule has 1 aliphatic heterocycles. The Hall–Kier alpha value is -2.12. The van der Waals surface area contributed by atoms with Gasteiger partial charge in [0, 0.05) is 25.8 Å². The third-order valence-corrected chi connectivity index (χ3v) is 4.64. The van der Waals surface area contributed by atoms with Crippen LogP contribution in [0.5, 0.6) is 0 Å². The number of aliphatic hydroxyl groups is 1. The molecule has 8 heteroatoms. The van der Waals surface area contributed by atoms with Crippen LogP contribution in [-0.2, 0) is 6.54 Å². The van der Waals surface area contributed by atoms with Crippen molar-refractivity contribution >= 4 is 34.2 Å². The molecule has 0 saturated carbocycles. The van der Waals surface area contributed by atoms with Crippen molar-refractivity contribution in [2.75, 3.05) is 18.0 Å². The molecule has 3 rings (SSSR count). The second-order valence-electron chi connectivity index (χ2n) is 5.77. The Balaban J connectivity index is 2.34. The van der Waals surface area contributed by atoms with Gasteiger partial charge in [0.2, 0.25) is 5.43 Å². The Morgan fingerprint density at radius 3 is 2.75 bits per heavy atom. The highest BCUT2D eigenvalue weighted by Gasteiger charge is 2.28. The van der Waals surface area contributed by atoms with Gasteiger partial charge in [0.25, 0.3) is 0 Å². The quantitative estimate of drug-likeness (QED) is 0.881. The Morgan fingerprint density at radius 2 is 2.21 bits per heavy atom. The number of aromatic carboxylic acids is 1. The summed E-state index contributed by atoms with van der Waals surface area (Å²) in [7, 11) is 0. The number of aromatic nitrogens is 1. The van der Waals surface area contributed by atoms with Gasteiger partial charge in [-0.25, -0.2) is 9.18 Å². The average Bonchev–Trinajstić information content (AvgIpc) is 2.94. The largest absolute Gasteiger partial charge is 0.477 e. The maximum absolute atomic E-state index is 14.6. The number of rotatable bonds is 3. The number of carboxylic acid groups (broad SMARTS) is 1. The molecule has 0 spiro atoms. The van der Waals surface area contributed by atoms with Crippen LogP contribution in [0.2, 0.25) is 5.02 Å². The molecule has 128 valence electrons. The van der Waals surface area contributed by atoms with Crippen molar-refractivity contribution in [2.45, 2.75) is 26.0 Å². The first-order chi connectivity index (χ1) is 11.3. The second kappa shape index (κ2) is 6.07. The van der Waals surface area contributed by atoms with E-state index in [1.807, 2.05) is 0 Å². The number of β-amino-alcohol motifs (C(OH)–C–C–N with tert-alkyl or cyclic N) is 1. The van der Waals surface area contributed by atoms with Gasteiger partial charge >= 0.3 is 5.97 Å². The van der Waals surface area contributed by atoms with Crippen LogP contribution in [0.1, 0.15) is 23.7 Å². The average molecular weight is 355 g/mol. The summed E-state index contributed by atoms with van der Waals surface area (Å²) in [6, 6.07) is 1.03. The van der Waals surface area contributed by atoms with Gasteiger partial charge in [-0.2, -0.15) is 0 Å². The second-order valence-corrected chi connectivity index (χ2v) is 6.15. The lowest BCUT2D eigenvalue weighted by Gasteiger charge is -2.22. The van der Waals surface area contributed by atoms with Crippen molar-refractivity contribution in [3.63, 3.8) is 0 Å². The SMILES string of the molecule is CCn1cc(C(=O)O)c(=O)c2cc(F)c(N3CC[C@@H](O)C3)c(Cl)c21. The molecule has 1 aromatic heterocycles. The van der Waals surface area contributed by atoms with Crippen molar-refractivity contribution in [3.8, 4) is 0 Å². The minimum Gasteiger partial charge on any atom is -0.477 e. The first-order valence-electron chi connectivity index (χ1n) is 7.56. The highest BCUT2D eigenvalue weighted by atomic mass is 35.5. The number of hydrogen-bond acceptors (Lipinski definition) is 4. The van der Waals surface area contributed by atoms with E-state index < -0.39 is 28.9 Å². The molecular weight excluding hydrogens is 339 g/mol. The molecule has 0 bridgehead atoms. The standard InChI is InChI=1S/C16H16ClFN2O4/c1-2-19-7-10(16(23)24)15(22)9-5-11(18)14(12(17)13(9)19)20-4-3-8(21)6-20/h5,7-8,21H,2-4,6H2,1H3,(H,23,24)/t8-/m1/s1. The number of fused-ring (bicyclic) bond motifs is 1. The fourth-order valence-electron chi connectivity index (χ4n) is 3.11. The van der Waals surface area contributed by atoms with Gasteiger partial charge in [-0.3, -0.25) is 4.79 Å². The van der Waals surface area contributed by atoms with E-state index in [2.05, 4.69) is 0 Å². The summed E-state index contributed by atoms with van der Waals surface area (Å²) in [5.74, 6) is -2.07. The van der Waals surface area contributed by atoms with Crippen molar-refractivity contribution in [3.05, 3.63) is 38.9 Å². The van der Waals surface area contributed by atoms with Crippen LogP contribution in [0, 0.1) is 5.82 Å². The molecule has 1 fully saturated rings. The molecule has 0 amide bonds. The highest BCUT2D eigenvalue weighted by molar-refractivity contribution is 6.38. The number of anilines is 1. The van der Waals surface area contributed by atoms with Crippen molar-refractivity contribution in [1.82, 2.24) is 4.57 Å². The van der Waals surface area contributed by atoms with Gasteiger partial charge in [0.1, 0.15) is 11.4 Å². The lowest BCUT2D eigenvalue weighted by Crippen LogP contribution is -2.24. The van der Waals surface area contributed by atoms with E-state index in [1.165, 1.54) is 10.8 Å². The number of benzene rings is 1. The van der Waals surface area contributed by atoms with Crippen LogP contribution in [0.3, 0.4) is 0 Å². The Bertz CT molecular complexity index is 896. The lowest BCUT2D eigenvalue weighted by atomic mass is 10.1. The van der Waals surface area contributed by atoms with E-state index in [0.29, 0.717) is 25.0 Å². The summed E-state index contributed by atoms with van der Waals surface area (Å²) in [4.78, 5) is 25.2. The molecule has 1 atom stereocenters. The molecule has 2 heterocycles. The molecular formula is C16H16ClFN2O4. The summed E-state index contributed by atoms with van der Waals surface area (Å²) in [6.45, 7) is 2.84. The van der Waals surface area contributed by atoms with Gasteiger partial charge < -0.3 is 19.7 Å². The maximum Gasteiger partial charge on any atom is 0.341 e. The van der Waals surface area contributed by atoms with Crippen LogP contribution in [0.15, 0.2) is 17.1 Å². The van der Waals surface area contributed by atoms with E-state index in [9.17, 15) is 19.1 Å². The van der Waals surface area contributed by atoms with Crippen LogP contribution in [0.25, 0.3) is 10.9 Å². The number of carbonyl (C=O) groups is 1. The predicted octanol–water partition coefficient (Wildman–Crippen LogP) is 2.08. The number of pyridine rings is 1. The number of hydrogen-bond donors (Lipinski definition) is 2. The monoisotopic (exact) mass is 354 g/mol. The normalized spacial score (nSPS) is 17.7. The van der Waals surface area contributed by atoms with Crippen LogP contribution < -0.4 is 10.3 Å². The van der Waals surface area contributed by atoms with Gasteiger partial charge in [-0.05, 0) is 19.4 Å². The molecule has 2 aromatic rings. The highest BCUT2D eigenvalue weighted by Crippen LogP contribution is 2.37. The summed E-state index contributed by atoms with van der Waals surface area (Å²) < 4.78 is 16.1. The third kappa shape index (κ3) is 2.53. The number of halogens is 2. The zero-order valence-electron chi connectivity index (χ0n) is 12.9. The van der Waals surface area contributed by atoms with Gasteiger partial charge in [0.15, 0.2) is 0 Å². The predicted molar refractivity (Wildman–Crippen MR) is 88.6 cm³/mol. The molecule has 2 N–H and O–H groups in total. The minimum absolute atomic E-state index is 0.0509. The van der Waals surface area contributed by atoms with E-state index in [0.717, 1.165) is 6.07 Å². The van der Waals surface area contributed by atoms with Gasteiger partial charge in [0.05, 0.1) is 27.7 Å². The van der Waals surface area contributed by atoms with Gasteiger partial charge in [-0.15, -0.1) is 0 Å². The van der Waals surface area contributed by atoms with Crippen molar-refractivity contribution < 1.29 is 19.4 Å². The van der Waals surface area contributed by atoms with Crippen molar-refractivity contribution in [2.24, 2.45) is 0 Å². The number of nitrogens with zero attached hydrogens (tertiary/aromatic N) is 2. The molecule has 1 aliphatic rings. The molecule has 0 radical (unpaired) electrons. The summed E-state index contributed by atoms with van der Waals surface area (Å²) >= 11 is 6.39. The Labute approximate surface area is 141 Å². The molecule has 0 aliphatic carbocycles. The smallest absolute Gasteiger partial charge is 0.341 e.